The summed E-state index contributed by atoms with van der Waals surface area (Å²) in [6, 6.07) is 9.02. The summed E-state index contributed by atoms with van der Waals surface area (Å²) < 4.78 is 0. The molecule has 18 heavy (non-hydrogen) atoms. The van der Waals surface area contributed by atoms with Crippen molar-refractivity contribution in [1.29, 1.82) is 0 Å². The van der Waals surface area contributed by atoms with Gasteiger partial charge in [0.25, 0.3) is 5.91 Å². The fourth-order valence-corrected chi connectivity index (χ4v) is 1.08. The van der Waals surface area contributed by atoms with Crippen molar-refractivity contribution < 1.29 is 15.0 Å². The van der Waals surface area contributed by atoms with Crippen molar-refractivity contribution >= 4 is 5.91 Å². The molecule has 0 aliphatic rings. The molecule has 0 aliphatic heterocycles. The Morgan fingerprint density at radius 3 is 2.06 bits per heavy atom. The summed E-state index contributed by atoms with van der Waals surface area (Å²) in [4.78, 5) is 14.5. The van der Waals surface area contributed by atoms with Crippen LogP contribution in [0.15, 0.2) is 48.8 Å². The SMILES string of the molecule is NNC(=O)c1ccncc1.Oc1cccc(O)c1. The lowest BCUT2D eigenvalue weighted by atomic mass is 10.3. The molecule has 0 radical (unpaired) electrons. The van der Waals surface area contributed by atoms with Gasteiger partial charge in [-0.25, -0.2) is 5.84 Å². The Balaban J connectivity index is 0.000000184. The first kappa shape index (κ1) is 13.5. The third-order valence-corrected chi connectivity index (χ3v) is 1.90. The lowest BCUT2D eigenvalue weighted by Gasteiger charge is -1.95. The quantitative estimate of drug-likeness (QED) is 0.338. The molecule has 6 heteroatoms. The molecule has 0 bridgehead atoms. The van der Waals surface area contributed by atoms with Crippen LogP contribution in [0, 0.1) is 0 Å². The Kier molecular flexibility index (Phi) is 5.14. The van der Waals surface area contributed by atoms with Crippen LogP contribution in [0.5, 0.6) is 11.5 Å². The lowest BCUT2D eigenvalue weighted by Crippen LogP contribution is -2.29. The van der Waals surface area contributed by atoms with Gasteiger partial charge in [-0.15, -0.1) is 0 Å². The first-order valence-electron chi connectivity index (χ1n) is 5.02. The van der Waals surface area contributed by atoms with Gasteiger partial charge in [0.1, 0.15) is 11.5 Å². The number of nitrogen functional groups attached to an aromatic ring is 1. The molecule has 0 saturated heterocycles. The summed E-state index contributed by atoms with van der Waals surface area (Å²) in [6.07, 6.45) is 3.06. The molecule has 94 valence electrons. The number of phenols is 2. The number of amides is 1. The Morgan fingerprint density at radius 1 is 1.11 bits per heavy atom. The van der Waals surface area contributed by atoms with Crippen LogP contribution in [0.2, 0.25) is 0 Å². The van der Waals surface area contributed by atoms with Crippen molar-refractivity contribution in [2.75, 3.05) is 0 Å². The Morgan fingerprint density at radius 2 is 1.67 bits per heavy atom. The van der Waals surface area contributed by atoms with Gasteiger partial charge in [0, 0.05) is 24.0 Å². The number of benzene rings is 1. The predicted molar refractivity (Wildman–Crippen MR) is 65.7 cm³/mol. The van der Waals surface area contributed by atoms with E-state index >= 15 is 0 Å². The van der Waals surface area contributed by atoms with E-state index in [0.29, 0.717) is 5.56 Å². The van der Waals surface area contributed by atoms with Crippen molar-refractivity contribution in [2.24, 2.45) is 5.84 Å². The summed E-state index contributed by atoms with van der Waals surface area (Å²) in [5.74, 6) is 4.76. The Bertz CT molecular complexity index is 486. The van der Waals surface area contributed by atoms with E-state index in [-0.39, 0.29) is 17.4 Å². The molecule has 0 atom stereocenters. The highest BCUT2D eigenvalue weighted by molar-refractivity contribution is 5.93. The van der Waals surface area contributed by atoms with Gasteiger partial charge in [-0.1, -0.05) is 6.07 Å². The minimum Gasteiger partial charge on any atom is -0.508 e. The molecule has 0 saturated carbocycles. The molecule has 1 aromatic heterocycles. The Hall–Kier alpha value is -2.60. The normalized spacial score (nSPS) is 8.94. The maximum atomic E-state index is 10.7. The molecule has 0 fully saturated rings. The maximum absolute atomic E-state index is 10.7. The molecule has 6 nitrogen and oxygen atoms in total. The molecule has 1 heterocycles. The second-order valence-electron chi connectivity index (χ2n) is 3.23. The van der Waals surface area contributed by atoms with Crippen LogP contribution < -0.4 is 11.3 Å². The Labute approximate surface area is 104 Å². The maximum Gasteiger partial charge on any atom is 0.265 e. The molecule has 5 N–H and O–H groups in total. The van der Waals surface area contributed by atoms with Gasteiger partial charge in [-0.2, -0.15) is 0 Å². The number of pyridine rings is 1. The second-order valence-corrected chi connectivity index (χ2v) is 3.23. The number of hydrogen-bond donors (Lipinski definition) is 4. The number of aromatic nitrogens is 1. The average molecular weight is 247 g/mol. The van der Waals surface area contributed by atoms with E-state index in [4.69, 9.17) is 16.1 Å². The molecule has 0 unspecified atom stereocenters. The third-order valence-electron chi connectivity index (χ3n) is 1.90. The van der Waals surface area contributed by atoms with Gasteiger partial charge in [0.15, 0.2) is 0 Å². The number of nitrogens with zero attached hydrogens (tertiary/aromatic N) is 1. The predicted octanol–water partition coefficient (Wildman–Crippen LogP) is 0.783. The molecule has 1 amide bonds. The highest BCUT2D eigenvalue weighted by atomic mass is 16.3. The zero-order valence-electron chi connectivity index (χ0n) is 9.45. The van der Waals surface area contributed by atoms with E-state index in [1.807, 2.05) is 5.43 Å². The summed E-state index contributed by atoms with van der Waals surface area (Å²) in [7, 11) is 0. The van der Waals surface area contributed by atoms with E-state index < -0.39 is 0 Å². The number of hydrogen-bond acceptors (Lipinski definition) is 5. The van der Waals surface area contributed by atoms with E-state index in [0.717, 1.165) is 0 Å². The zero-order chi connectivity index (χ0) is 13.4. The fraction of sp³-hybridized carbons (Fsp3) is 0. The largest absolute Gasteiger partial charge is 0.508 e. The molecule has 2 rings (SSSR count). The van der Waals surface area contributed by atoms with Gasteiger partial charge in [-0.3, -0.25) is 15.2 Å². The molecular weight excluding hydrogens is 234 g/mol. The van der Waals surface area contributed by atoms with E-state index in [1.54, 1.807) is 18.2 Å². The van der Waals surface area contributed by atoms with Crippen molar-refractivity contribution in [2.45, 2.75) is 0 Å². The van der Waals surface area contributed by atoms with Crippen molar-refractivity contribution in [3.63, 3.8) is 0 Å². The van der Waals surface area contributed by atoms with Crippen molar-refractivity contribution in [3.05, 3.63) is 54.4 Å². The summed E-state index contributed by atoms with van der Waals surface area (Å²) in [5, 5.41) is 17.3. The third kappa shape index (κ3) is 4.50. The van der Waals surface area contributed by atoms with Crippen LogP contribution in [0.3, 0.4) is 0 Å². The van der Waals surface area contributed by atoms with Crippen LogP contribution in [0.25, 0.3) is 0 Å². The molecule has 2 aromatic rings. The average Bonchev–Trinajstić information content (AvgIpc) is 2.39. The van der Waals surface area contributed by atoms with Crippen LogP contribution in [0.4, 0.5) is 0 Å². The van der Waals surface area contributed by atoms with E-state index in [1.165, 1.54) is 30.6 Å². The van der Waals surface area contributed by atoms with Crippen LogP contribution in [0.1, 0.15) is 10.4 Å². The minimum atomic E-state index is -0.303. The van der Waals surface area contributed by atoms with Gasteiger partial charge >= 0.3 is 0 Å². The first-order valence-corrected chi connectivity index (χ1v) is 5.02. The van der Waals surface area contributed by atoms with Crippen LogP contribution in [-0.4, -0.2) is 21.1 Å². The smallest absolute Gasteiger partial charge is 0.265 e. The number of carbonyl (C=O) groups excluding carboxylic acids is 1. The van der Waals surface area contributed by atoms with Gasteiger partial charge in [0.05, 0.1) is 0 Å². The minimum absolute atomic E-state index is 0.0880. The standard InChI is InChI=1S/C6H7N3O.C6H6O2/c7-9-6(10)5-1-3-8-4-2-5;7-5-2-1-3-6(8)4-5/h1-4H,7H2,(H,9,10);1-4,7-8H. The topological polar surface area (TPSA) is 108 Å². The number of nitrogens with one attached hydrogen (secondary N) is 1. The van der Waals surface area contributed by atoms with Crippen molar-refractivity contribution in [3.8, 4) is 11.5 Å². The summed E-state index contributed by atoms with van der Waals surface area (Å²) >= 11 is 0. The number of hydrazine groups is 1. The highest BCUT2D eigenvalue weighted by Gasteiger charge is 1.99. The monoisotopic (exact) mass is 247 g/mol. The molecule has 0 aliphatic carbocycles. The number of nitrogens with two attached hydrogens (primary N) is 1. The van der Waals surface area contributed by atoms with Gasteiger partial charge in [0.2, 0.25) is 0 Å². The summed E-state index contributed by atoms with van der Waals surface area (Å²) in [6.45, 7) is 0. The lowest BCUT2D eigenvalue weighted by molar-refractivity contribution is 0.0953. The van der Waals surface area contributed by atoms with Crippen LogP contribution >= 0.6 is 0 Å². The number of phenolic OH excluding ortho intramolecular Hbond substituents is 2. The first-order chi connectivity index (χ1) is 8.63. The summed E-state index contributed by atoms with van der Waals surface area (Å²) in [5.41, 5.74) is 2.53. The second kappa shape index (κ2) is 6.87. The fourth-order valence-electron chi connectivity index (χ4n) is 1.08. The van der Waals surface area contributed by atoms with Gasteiger partial charge in [-0.05, 0) is 24.3 Å². The van der Waals surface area contributed by atoms with Gasteiger partial charge < -0.3 is 10.2 Å². The van der Waals surface area contributed by atoms with E-state index in [2.05, 4.69) is 4.98 Å². The molecular formula is C12H13N3O3. The van der Waals surface area contributed by atoms with Crippen molar-refractivity contribution in [1.82, 2.24) is 10.4 Å². The zero-order valence-corrected chi connectivity index (χ0v) is 9.45. The number of carbonyl (C=O) groups is 1. The highest BCUT2D eigenvalue weighted by Crippen LogP contribution is 2.14. The number of rotatable bonds is 1. The van der Waals surface area contributed by atoms with E-state index in [9.17, 15) is 4.79 Å². The molecule has 0 spiro atoms. The molecule has 1 aromatic carbocycles. The van der Waals surface area contributed by atoms with Crippen LogP contribution in [-0.2, 0) is 0 Å². The number of aromatic hydroxyl groups is 2.